The van der Waals surface area contributed by atoms with Gasteiger partial charge in [0, 0.05) is 4.90 Å². The molecule has 18 heavy (non-hydrogen) atoms. The minimum atomic E-state index is -0.467. The highest BCUT2D eigenvalue weighted by molar-refractivity contribution is 7.99. The maximum absolute atomic E-state index is 13.5. The van der Waals surface area contributed by atoms with Crippen molar-refractivity contribution < 1.29 is 8.78 Å². The van der Waals surface area contributed by atoms with E-state index in [9.17, 15) is 8.78 Å². The van der Waals surface area contributed by atoms with Gasteiger partial charge in [0.2, 0.25) is 0 Å². The van der Waals surface area contributed by atoms with Crippen molar-refractivity contribution in [2.75, 3.05) is 0 Å². The second kappa shape index (κ2) is 5.19. The highest BCUT2D eigenvalue weighted by atomic mass is 32.2. The molecule has 90 valence electrons. The monoisotopic (exact) mass is 261 g/mol. The molecule has 0 amide bonds. The van der Waals surface area contributed by atoms with Crippen LogP contribution in [0.3, 0.4) is 0 Å². The van der Waals surface area contributed by atoms with Crippen molar-refractivity contribution >= 4 is 11.8 Å². The van der Waals surface area contributed by atoms with E-state index in [4.69, 9.17) is 5.26 Å². The largest absolute Gasteiger partial charge is 0.207 e. The van der Waals surface area contributed by atoms with Crippen LogP contribution in [-0.2, 0) is 0 Å². The van der Waals surface area contributed by atoms with Crippen molar-refractivity contribution in [3.63, 3.8) is 0 Å². The van der Waals surface area contributed by atoms with Gasteiger partial charge < -0.3 is 0 Å². The molecule has 4 heteroatoms. The molecule has 0 saturated heterocycles. The predicted octanol–water partition coefficient (Wildman–Crippen LogP) is 4.30. The van der Waals surface area contributed by atoms with Crippen LogP contribution in [0.4, 0.5) is 8.78 Å². The van der Waals surface area contributed by atoms with Gasteiger partial charge in [-0.05, 0) is 48.9 Å². The SMILES string of the molecule is Cc1cc(C#N)ccc1Sc1cc(F)ccc1F. The molecule has 0 aliphatic carbocycles. The highest BCUT2D eigenvalue weighted by Crippen LogP contribution is 2.32. The smallest absolute Gasteiger partial charge is 0.137 e. The molecule has 0 spiro atoms. The molecule has 0 atom stereocenters. The van der Waals surface area contributed by atoms with Gasteiger partial charge in [-0.1, -0.05) is 11.8 Å². The lowest BCUT2D eigenvalue weighted by Crippen LogP contribution is -1.86. The number of hydrogen-bond acceptors (Lipinski definition) is 2. The Balaban J connectivity index is 2.34. The summed E-state index contributed by atoms with van der Waals surface area (Å²) in [5, 5.41) is 8.76. The quantitative estimate of drug-likeness (QED) is 0.805. The first-order valence-corrected chi connectivity index (χ1v) is 6.05. The summed E-state index contributed by atoms with van der Waals surface area (Å²) in [5.74, 6) is -0.921. The molecule has 2 rings (SSSR count). The van der Waals surface area contributed by atoms with Gasteiger partial charge in [0.15, 0.2) is 0 Å². The van der Waals surface area contributed by atoms with Crippen molar-refractivity contribution in [3.05, 3.63) is 59.2 Å². The van der Waals surface area contributed by atoms with Gasteiger partial charge in [-0.3, -0.25) is 0 Å². The third-order valence-corrected chi connectivity index (χ3v) is 3.63. The normalized spacial score (nSPS) is 10.1. The predicted molar refractivity (Wildman–Crippen MR) is 66.4 cm³/mol. The summed E-state index contributed by atoms with van der Waals surface area (Å²) in [6.07, 6.45) is 0. The summed E-state index contributed by atoms with van der Waals surface area (Å²) in [6.45, 7) is 1.83. The van der Waals surface area contributed by atoms with E-state index in [0.717, 1.165) is 40.4 Å². The zero-order valence-corrected chi connectivity index (χ0v) is 10.4. The standard InChI is InChI=1S/C14H9F2NS/c1-9-6-10(8-17)2-5-13(9)18-14-7-11(15)3-4-12(14)16/h2-7H,1H3. The van der Waals surface area contributed by atoms with Crippen molar-refractivity contribution in [2.45, 2.75) is 16.7 Å². The van der Waals surface area contributed by atoms with E-state index in [1.165, 1.54) is 0 Å². The fraction of sp³-hybridized carbons (Fsp3) is 0.0714. The zero-order valence-electron chi connectivity index (χ0n) is 9.58. The first-order chi connectivity index (χ1) is 8.60. The molecule has 1 nitrogen and oxygen atoms in total. The lowest BCUT2D eigenvalue weighted by atomic mass is 10.2. The van der Waals surface area contributed by atoms with Crippen LogP contribution in [0.5, 0.6) is 0 Å². The Morgan fingerprint density at radius 3 is 2.50 bits per heavy atom. The average Bonchev–Trinajstić information content (AvgIpc) is 2.36. The third-order valence-electron chi connectivity index (χ3n) is 2.42. The Hall–Kier alpha value is -1.86. The molecule has 0 heterocycles. The van der Waals surface area contributed by atoms with Gasteiger partial charge >= 0.3 is 0 Å². The van der Waals surface area contributed by atoms with Gasteiger partial charge in [-0.15, -0.1) is 0 Å². The lowest BCUT2D eigenvalue weighted by molar-refractivity contribution is 0.577. The van der Waals surface area contributed by atoms with Gasteiger partial charge in [0.25, 0.3) is 0 Å². The summed E-state index contributed by atoms with van der Waals surface area (Å²) < 4.78 is 26.5. The fourth-order valence-corrected chi connectivity index (χ4v) is 2.44. The number of benzene rings is 2. The van der Waals surface area contributed by atoms with Crippen LogP contribution < -0.4 is 0 Å². The van der Waals surface area contributed by atoms with E-state index >= 15 is 0 Å². The van der Waals surface area contributed by atoms with Crippen molar-refractivity contribution in [2.24, 2.45) is 0 Å². The van der Waals surface area contributed by atoms with Crippen LogP contribution in [0.15, 0.2) is 46.2 Å². The molecule has 0 aromatic heterocycles. The van der Waals surface area contributed by atoms with Crippen LogP contribution in [0, 0.1) is 29.9 Å². The minimum absolute atomic E-state index is 0.239. The maximum Gasteiger partial charge on any atom is 0.137 e. The first kappa shape index (κ1) is 12.6. The molecule has 0 unspecified atom stereocenters. The van der Waals surface area contributed by atoms with E-state index < -0.39 is 11.6 Å². The molecule has 0 aliphatic heterocycles. The van der Waals surface area contributed by atoms with E-state index in [1.54, 1.807) is 18.2 Å². The number of rotatable bonds is 2. The first-order valence-electron chi connectivity index (χ1n) is 5.24. The Kier molecular flexibility index (Phi) is 3.63. The van der Waals surface area contributed by atoms with Crippen LogP contribution in [-0.4, -0.2) is 0 Å². The Morgan fingerprint density at radius 1 is 1.06 bits per heavy atom. The molecule has 0 aliphatic rings. The van der Waals surface area contributed by atoms with Crippen LogP contribution in [0.2, 0.25) is 0 Å². The fourth-order valence-electron chi connectivity index (χ4n) is 1.51. The zero-order chi connectivity index (χ0) is 13.1. The van der Waals surface area contributed by atoms with Gasteiger partial charge in [-0.25, -0.2) is 8.78 Å². The number of nitrogens with zero attached hydrogens (tertiary/aromatic N) is 1. The van der Waals surface area contributed by atoms with Crippen LogP contribution in [0.25, 0.3) is 0 Å². The van der Waals surface area contributed by atoms with Gasteiger partial charge in [0.05, 0.1) is 16.5 Å². The minimum Gasteiger partial charge on any atom is -0.207 e. The molecule has 0 radical (unpaired) electrons. The molecule has 0 saturated carbocycles. The molecular weight excluding hydrogens is 252 g/mol. The van der Waals surface area contributed by atoms with Crippen LogP contribution >= 0.6 is 11.8 Å². The van der Waals surface area contributed by atoms with Crippen molar-refractivity contribution in [1.29, 1.82) is 5.26 Å². The summed E-state index contributed by atoms with van der Waals surface area (Å²) in [6, 6.07) is 10.5. The topological polar surface area (TPSA) is 23.8 Å². The lowest BCUT2D eigenvalue weighted by Gasteiger charge is -2.06. The van der Waals surface area contributed by atoms with Gasteiger partial charge in [-0.2, -0.15) is 5.26 Å². The second-order valence-electron chi connectivity index (χ2n) is 3.77. The van der Waals surface area contributed by atoms with Crippen molar-refractivity contribution in [3.8, 4) is 6.07 Å². The Labute approximate surface area is 108 Å². The van der Waals surface area contributed by atoms with E-state index in [2.05, 4.69) is 0 Å². The molecule has 2 aromatic rings. The number of halogens is 2. The molecular formula is C14H9F2NS. The summed E-state index contributed by atoms with van der Waals surface area (Å²) in [7, 11) is 0. The number of nitriles is 1. The highest BCUT2D eigenvalue weighted by Gasteiger charge is 2.08. The van der Waals surface area contributed by atoms with E-state index in [1.807, 2.05) is 13.0 Å². The van der Waals surface area contributed by atoms with E-state index in [0.29, 0.717) is 5.56 Å². The Morgan fingerprint density at radius 2 is 1.83 bits per heavy atom. The molecule has 2 aromatic carbocycles. The summed E-state index contributed by atoms with van der Waals surface area (Å²) in [4.78, 5) is 1.04. The van der Waals surface area contributed by atoms with E-state index in [-0.39, 0.29) is 4.90 Å². The van der Waals surface area contributed by atoms with Crippen molar-refractivity contribution in [1.82, 2.24) is 0 Å². The third kappa shape index (κ3) is 2.69. The van der Waals surface area contributed by atoms with Gasteiger partial charge in [0.1, 0.15) is 11.6 Å². The second-order valence-corrected chi connectivity index (χ2v) is 4.85. The summed E-state index contributed by atoms with van der Waals surface area (Å²) in [5.41, 5.74) is 1.42. The summed E-state index contributed by atoms with van der Waals surface area (Å²) >= 11 is 1.15. The number of aryl methyl sites for hydroxylation is 1. The number of hydrogen-bond donors (Lipinski definition) is 0. The molecule has 0 fully saturated rings. The van der Waals surface area contributed by atoms with Crippen LogP contribution in [0.1, 0.15) is 11.1 Å². The molecule has 0 N–H and O–H groups in total. The maximum atomic E-state index is 13.5. The Bertz CT molecular complexity index is 632. The molecule has 0 bridgehead atoms. The average molecular weight is 261 g/mol.